The molecule has 144 heavy (non-hydrogen) atoms. The van der Waals surface area contributed by atoms with Crippen LogP contribution in [-0.4, -0.2) is 0 Å². The predicted octanol–water partition coefficient (Wildman–Crippen LogP) is 42.0. The number of thiophene rings is 4. The number of hydrogen-bond acceptors (Lipinski definition) is 6. The molecule has 0 radical (unpaired) electrons. The van der Waals surface area contributed by atoms with Crippen LogP contribution in [0.4, 0.5) is 0 Å². The van der Waals surface area contributed by atoms with Gasteiger partial charge in [0.1, 0.15) is 22.3 Å². The van der Waals surface area contributed by atoms with Crippen molar-refractivity contribution in [1.29, 1.82) is 0 Å². The Morgan fingerprint density at radius 1 is 0.118 bits per heavy atom. The van der Waals surface area contributed by atoms with Gasteiger partial charge in [0, 0.05) is 136 Å². The summed E-state index contributed by atoms with van der Waals surface area (Å²) in [6.45, 7) is 0. The lowest BCUT2D eigenvalue weighted by Crippen LogP contribution is -1.93. The number of para-hydroxylation sites is 4. The molecule has 0 fully saturated rings. The number of fused-ring (bicyclic) bond motifs is 36. The second-order valence-corrected chi connectivity index (χ2v) is 42.0. The van der Waals surface area contributed by atoms with E-state index in [1.165, 1.54) is 244 Å². The molecule has 6 aromatic heterocycles. The van der Waals surface area contributed by atoms with Gasteiger partial charge in [-0.3, -0.25) is 0 Å². The summed E-state index contributed by atoms with van der Waals surface area (Å²) in [4.78, 5) is 0. The van der Waals surface area contributed by atoms with Gasteiger partial charge in [-0.15, -0.1) is 45.3 Å². The van der Waals surface area contributed by atoms with Crippen LogP contribution < -0.4 is 0 Å². The zero-order valence-corrected chi connectivity index (χ0v) is 80.9. The van der Waals surface area contributed by atoms with Crippen LogP contribution in [0.2, 0.25) is 0 Å². The van der Waals surface area contributed by atoms with Gasteiger partial charge in [0.15, 0.2) is 0 Å². The van der Waals surface area contributed by atoms with Crippen molar-refractivity contribution in [3.63, 3.8) is 0 Å². The molecule has 0 N–H and O–H groups in total. The normalized spacial score (nSPS) is 12.0. The molecule has 0 saturated carbocycles. The van der Waals surface area contributed by atoms with Gasteiger partial charge >= 0.3 is 0 Å². The first kappa shape index (κ1) is 82.4. The van der Waals surface area contributed by atoms with Crippen LogP contribution in [0, 0.1) is 0 Å². The molecule has 26 aromatic carbocycles. The summed E-state index contributed by atoms with van der Waals surface area (Å²) in [6, 6.07) is 178. The maximum absolute atomic E-state index is 6.58. The Labute approximate surface area is 842 Å². The first-order valence-electron chi connectivity index (χ1n) is 49.2. The Morgan fingerprint density at radius 2 is 0.312 bits per heavy atom. The van der Waals surface area contributed by atoms with Crippen molar-refractivity contribution in [3.05, 3.63) is 485 Å². The highest BCUT2D eigenvalue weighted by Crippen LogP contribution is 2.56. The smallest absolute Gasteiger partial charge is 0.143 e. The van der Waals surface area contributed by atoms with Gasteiger partial charge in [0.2, 0.25) is 0 Å². The molecule has 6 heteroatoms. The first-order chi connectivity index (χ1) is 71.5. The highest BCUT2D eigenvalue weighted by Gasteiger charge is 2.28. The molecule has 0 amide bonds. The van der Waals surface area contributed by atoms with Gasteiger partial charge in [0.25, 0.3) is 0 Å². The summed E-state index contributed by atoms with van der Waals surface area (Å²) < 4.78 is 23.9. The van der Waals surface area contributed by atoms with Crippen molar-refractivity contribution in [3.8, 4) is 89.0 Å². The molecule has 32 rings (SSSR count). The zero-order valence-electron chi connectivity index (χ0n) is 77.6. The minimum atomic E-state index is 0.905. The fourth-order valence-electron chi connectivity index (χ4n) is 24.0. The van der Waals surface area contributed by atoms with Crippen LogP contribution in [0.1, 0.15) is 0 Å². The molecule has 668 valence electrons. The van der Waals surface area contributed by atoms with E-state index in [2.05, 4.69) is 473 Å². The van der Waals surface area contributed by atoms with Crippen LogP contribution in [0.15, 0.2) is 494 Å². The Kier molecular flexibility index (Phi) is 18.9. The summed E-state index contributed by atoms with van der Waals surface area (Å²) in [7, 11) is 0. The van der Waals surface area contributed by atoms with Crippen molar-refractivity contribution in [2.24, 2.45) is 0 Å². The first-order valence-corrected chi connectivity index (χ1v) is 52.5. The van der Waals surface area contributed by atoms with Crippen molar-refractivity contribution < 1.29 is 8.83 Å². The highest BCUT2D eigenvalue weighted by molar-refractivity contribution is 7.27. The predicted molar refractivity (Wildman–Crippen MR) is 626 cm³/mol. The van der Waals surface area contributed by atoms with Gasteiger partial charge in [-0.2, -0.15) is 0 Å². The summed E-state index contributed by atoms with van der Waals surface area (Å²) in [5.74, 6) is 0. The fourth-order valence-corrected chi connectivity index (χ4v) is 29.0. The number of benzene rings is 26. The van der Waals surface area contributed by atoms with Gasteiger partial charge in [-0.1, -0.05) is 437 Å². The lowest BCUT2D eigenvalue weighted by molar-refractivity contribution is 0.669. The van der Waals surface area contributed by atoms with Crippen LogP contribution >= 0.6 is 45.3 Å². The average molecular weight is 1900 g/mol. The average Bonchev–Trinajstić information content (AvgIpc) is 0.974. The molecule has 32 aromatic rings. The van der Waals surface area contributed by atoms with E-state index >= 15 is 0 Å². The van der Waals surface area contributed by atoms with Crippen molar-refractivity contribution >= 4 is 267 Å². The number of rotatable bonds is 8. The lowest BCUT2D eigenvalue weighted by atomic mass is 9.83. The number of hydrogen-bond donors (Lipinski definition) is 0. The van der Waals surface area contributed by atoms with E-state index in [9.17, 15) is 0 Å². The Bertz CT molecular complexity index is 10000. The molecular weight excluding hydrogens is 1820 g/mol. The van der Waals surface area contributed by atoms with Crippen molar-refractivity contribution in [1.82, 2.24) is 0 Å². The van der Waals surface area contributed by atoms with Crippen LogP contribution in [0.25, 0.3) is 311 Å². The SMILES string of the molecule is c1ccc(-c2cc3c(cc2-c2ccccc2)c2cccc(-c4cccc5c4sc4ccccc45)c2c2c(-c4cccc5c4sc4ccccc45)cccc32)cc1.c1ccc2c(c1)oc1c(-c3cccc4c5ccccc5c5cccc(-c6cccc7c6oc6ccccc67)c5c34)cccc12.c1ccc2c(c1)sc1c(-c3cccc4c5ccccc5c5cccc(-c6cccc7c6sc6ccccc67)c5c34)cccc12. The molecule has 0 spiro atoms. The largest absolute Gasteiger partial charge is 0.455 e. The molecule has 0 aliphatic rings. The van der Waals surface area contributed by atoms with Gasteiger partial charge in [0.05, 0.1) is 0 Å². The summed E-state index contributed by atoms with van der Waals surface area (Å²) in [6.07, 6.45) is 0. The van der Waals surface area contributed by atoms with Gasteiger partial charge in [-0.05, 0) is 201 Å². The van der Waals surface area contributed by atoms with E-state index in [0.29, 0.717) is 0 Å². The summed E-state index contributed by atoms with van der Waals surface area (Å²) in [5.41, 5.74) is 23.4. The Balaban J connectivity index is 0.000000102. The topological polar surface area (TPSA) is 26.3 Å². The van der Waals surface area contributed by atoms with E-state index in [-0.39, 0.29) is 0 Å². The summed E-state index contributed by atoms with van der Waals surface area (Å²) >= 11 is 7.63. The standard InChI is InChI=1S/C54H32S2.C42H24O2.C42H24S2/c1-3-15-33(16-4-1)45-31-47-39-23-11-21-37(43-27-13-25-41-35-19-7-9-29-49(35)55-53(41)43)51(39)52-38(44-28-14-26-42-36-20-8-10-30-50(36)56-54(42)44)22-12-24-40(52)48(47)32-46(45)34-17-5-2-6-18-34;2*1-2-12-26-25(11-1)29-15-7-17-31(35-21-9-19-33-27-13-3-5-23-37(27)43-41(33)35)39(29)40-30(26)16-8-18-32(40)36-22-10-20-34-28-14-4-6-24-38(28)44-42(34)36/h1-32H;2*1-24H. The molecule has 6 heterocycles. The Hall–Kier alpha value is -17.5. The fraction of sp³-hybridized carbons (Fsp3) is 0. The number of furan rings is 2. The third-order valence-electron chi connectivity index (χ3n) is 30.2. The lowest BCUT2D eigenvalue weighted by Gasteiger charge is -2.20. The van der Waals surface area contributed by atoms with E-state index in [1.807, 2.05) is 57.5 Å². The minimum Gasteiger partial charge on any atom is -0.455 e. The maximum atomic E-state index is 6.58. The quantitative estimate of drug-likeness (QED) is 0.142. The molecule has 2 nitrogen and oxygen atoms in total. The molecule has 0 aliphatic carbocycles. The molecule has 0 aliphatic heterocycles. The third kappa shape index (κ3) is 12.7. The van der Waals surface area contributed by atoms with Crippen LogP contribution in [-0.2, 0) is 0 Å². The van der Waals surface area contributed by atoms with E-state index < -0.39 is 0 Å². The van der Waals surface area contributed by atoms with Crippen molar-refractivity contribution in [2.45, 2.75) is 0 Å². The minimum absolute atomic E-state index is 0.905. The molecule has 0 saturated heterocycles. The Morgan fingerprint density at radius 3 is 0.590 bits per heavy atom. The summed E-state index contributed by atoms with van der Waals surface area (Å²) in [5, 5.41) is 38.1. The second kappa shape index (κ2) is 33.1. The maximum Gasteiger partial charge on any atom is 0.143 e. The highest BCUT2D eigenvalue weighted by atomic mass is 32.1. The molecular formula is C138H80O2S4. The van der Waals surface area contributed by atoms with Crippen molar-refractivity contribution in [2.75, 3.05) is 0 Å². The van der Waals surface area contributed by atoms with Crippen LogP contribution in [0.5, 0.6) is 0 Å². The van der Waals surface area contributed by atoms with Crippen LogP contribution in [0.3, 0.4) is 0 Å². The zero-order chi connectivity index (χ0) is 94.3. The molecule has 0 bridgehead atoms. The van der Waals surface area contributed by atoms with Gasteiger partial charge < -0.3 is 8.83 Å². The second-order valence-electron chi connectivity index (χ2n) is 37.8. The van der Waals surface area contributed by atoms with E-state index in [0.717, 1.165) is 66.1 Å². The molecule has 0 atom stereocenters. The third-order valence-corrected chi connectivity index (χ3v) is 35.1. The molecule has 0 unspecified atom stereocenters. The van der Waals surface area contributed by atoms with E-state index in [4.69, 9.17) is 8.83 Å². The van der Waals surface area contributed by atoms with Gasteiger partial charge in [-0.25, -0.2) is 0 Å². The monoisotopic (exact) mass is 1900 g/mol. The van der Waals surface area contributed by atoms with E-state index in [1.54, 1.807) is 0 Å².